The third-order valence-corrected chi connectivity index (χ3v) is 6.84. The van der Waals surface area contributed by atoms with E-state index < -0.39 is 10.0 Å². The lowest BCUT2D eigenvalue weighted by Crippen LogP contribution is -2.50. The number of aromatic nitrogens is 3. The molecule has 0 bridgehead atoms. The summed E-state index contributed by atoms with van der Waals surface area (Å²) >= 11 is 0. The summed E-state index contributed by atoms with van der Waals surface area (Å²) in [5.41, 5.74) is 1.02. The zero-order valence-electron chi connectivity index (χ0n) is 16.1. The fourth-order valence-electron chi connectivity index (χ4n) is 3.29. The molecule has 0 N–H and O–H groups in total. The van der Waals surface area contributed by atoms with E-state index in [-0.39, 0.29) is 48.5 Å². The summed E-state index contributed by atoms with van der Waals surface area (Å²) in [5.74, 6) is -0.612. The number of carbonyl (C=O) groups excluding carboxylic acids is 1. The van der Waals surface area contributed by atoms with E-state index in [1.54, 1.807) is 53.6 Å². The molecular formula is C20H20FN5O3S. The Kier molecular flexibility index (Phi) is 5.60. The maximum absolute atomic E-state index is 13.0. The molecule has 1 saturated heterocycles. The van der Waals surface area contributed by atoms with Crippen molar-refractivity contribution >= 4 is 15.9 Å². The second-order valence-corrected chi connectivity index (χ2v) is 8.88. The van der Waals surface area contributed by atoms with E-state index in [1.807, 2.05) is 0 Å². The minimum atomic E-state index is -3.57. The molecule has 1 aliphatic rings. The molecule has 10 heteroatoms. The van der Waals surface area contributed by atoms with Gasteiger partial charge in [0.15, 0.2) is 5.69 Å². The van der Waals surface area contributed by atoms with Gasteiger partial charge in [-0.25, -0.2) is 17.5 Å². The average Bonchev–Trinajstić information content (AvgIpc) is 3.24. The lowest BCUT2D eigenvalue weighted by atomic mass is 10.2. The summed E-state index contributed by atoms with van der Waals surface area (Å²) < 4.78 is 41.3. The number of hydrogen-bond acceptors (Lipinski definition) is 5. The molecule has 0 saturated carbocycles. The number of nitrogens with zero attached hydrogens (tertiary/aromatic N) is 5. The van der Waals surface area contributed by atoms with Crippen LogP contribution in [0.1, 0.15) is 16.1 Å². The molecule has 0 atom stereocenters. The van der Waals surface area contributed by atoms with E-state index >= 15 is 0 Å². The third-order valence-electron chi connectivity index (χ3n) is 4.92. The molecule has 1 amide bonds. The highest BCUT2D eigenvalue weighted by molar-refractivity contribution is 7.89. The lowest BCUT2D eigenvalue weighted by molar-refractivity contribution is 0.0692. The van der Waals surface area contributed by atoms with Crippen LogP contribution in [-0.4, -0.2) is 64.7 Å². The van der Waals surface area contributed by atoms with Crippen LogP contribution in [0.2, 0.25) is 0 Å². The normalized spacial score (nSPS) is 15.3. The summed E-state index contributed by atoms with van der Waals surface area (Å²) in [6.45, 7) is 1.34. The number of amides is 1. The maximum atomic E-state index is 13.0. The van der Waals surface area contributed by atoms with Crippen LogP contribution in [0.15, 0.2) is 65.7 Å². The van der Waals surface area contributed by atoms with E-state index in [9.17, 15) is 17.6 Å². The Morgan fingerprint density at radius 2 is 1.63 bits per heavy atom. The average molecular weight is 429 g/mol. The second-order valence-electron chi connectivity index (χ2n) is 6.94. The highest BCUT2D eigenvalue weighted by Gasteiger charge is 2.31. The van der Waals surface area contributed by atoms with E-state index in [0.29, 0.717) is 6.54 Å². The summed E-state index contributed by atoms with van der Waals surface area (Å²) in [4.78, 5) is 14.5. The molecule has 0 aliphatic carbocycles. The minimum absolute atomic E-state index is 0.191. The second kappa shape index (κ2) is 8.33. The van der Waals surface area contributed by atoms with Crippen molar-refractivity contribution in [2.45, 2.75) is 11.4 Å². The number of piperazine rings is 1. The monoisotopic (exact) mass is 429 g/mol. The van der Waals surface area contributed by atoms with Crippen molar-refractivity contribution in [3.05, 3.63) is 77.9 Å². The molecule has 1 fully saturated rings. The Morgan fingerprint density at radius 1 is 0.967 bits per heavy atom. The van der Waals surface area contributed by atoms with Crippen molar-refractivity contribution < 1.29 is 17.6 Å². The summed E-state index contributed by atoms with van der Waals surface area (Å²) in [5, 5.41) is 7.90. The zero-order chi connectivity index (χ0) is 21.1. The molecule has 4 rings (SSSR count). The Hall–Kier alpha value is -3.11. The first-order chi connectivity index (χ1) is 14.4. The van der Waals surface area contributed by atoms with Gasteiger partial charge in [0, 0.05) is 26.2 Å². The van der Waals surface area contributed by atoms with Crippen molar-refractivity contribution in [2.75, 3.05) is 26.2 Å². The van der Waals surface area contributed by atoms with Gasteiger partial charge < -0.3 is 4.90 Å². The fourth-order valence-corrected chi connectivity index (χ4v) is 4.73. The Morgan fingerprint density at radius 3 is 2.30 bits per heavy atom. The molecular weight excluding hydrogens is 409 g/mol. The molecule has 1 aliphatic heterocycles. The van der Waals surface area contributed by atoms with Gasteiger partial charge >= 0.3 is 0 Å². The predicted molar refractivity (Wildman–Crippen MR) is 107 cm³/mol. The van der Waals surface area contributed by atoms with Crippen LogP contribution in [0.5, 0.6) is 0 Å². The minimum Gasteiger partial charge on any atom is -0.335 e. The van der Waals surface area contributed by atoms with Crippen LogP contribution >= 0.6 is 0 Å². The molecule has 2 heterocycles. The summed E-state index contributed by atoms with van der Waals surface area (Å²) in [7, 11) is -3.57. The number of benzene rings is 2. The number of sulfonamides is 1. The van der Waals surface area contributed by atoms with E-state index in [2.05, 4.69) is 10.3 Å². The van der Waals surface area contributed by atoms with Gasteiger partial charge in [0.05, 0.1) is 17.6 Å². The number of hydrogen-bond donors (Lipinski definition) is 0. The molecule has 1 aromatic heterocycles. The first-order valence-electron chi connectivity index (χ1n) is 9.42. The molecule has 2 aromatic carbocycles. The van der Waals surface area contributed by atoms with Crippen molar-refractivity contribution in [2.24, 2.45) is 0 Å². The Labute approximate surface area is 173 Å². The van der Waals surface area contributed by atoms with Gasteiger partial charge in [0.25, 0.3) is 5.91 Å². The van der Waals surface area contributed by atoms with Crippen molar-refractivity contribution in [3.8, 4) is 0 Å². The third kappa shape index (κ3) is 4.24. The number of carbonyl (C=O) groups is 1. The van der Waals surface area contributed by atoms with Gasteiger partial charge in [-0.05, 0) is 29.8 Å². The van der Waals surface area contributed by atoms with Crippen LogP contribution in [-0.2, 0) is 16.6 Å². The van der Waals surface area contributed by atoms with Gasteiger partial charge in [0.2, 0.25) is 10.0 Å². The standard InChI is InChI=1S/C20H20FN5O3S/c21-17-8-6-16(7-9-17)14-25-15-19(22-23-25)20(27)24-10-12-26(13-11-24)30(28,29)18-4-2-1-3-5-18/h1-9,15H,10-14H2. The highest BCUT2D eigenvalue weighted by atomic mass is 32.2. The molecule has 156 valence electrons. The van der Waals surface area contributed by atoms with Gasteiger partial charge in [0.1, 0.15) is 5.82 Å². The fraction of sp³-hybridized carbons (Fsp3) is 0.250. The van der Waals surface area contributed by atoms with Crippen LogP contribution in [0, 0.1) is 5.82 Å². The highest BCUT2D eigenvalue weighted by Crippen LogP contribution is 2.18. The van der Waals surface area contributed by atoms with Crippen LogP contribution in [0.4, 0.5) is 4.39 Å². The van der Waals surface area contributed by atoms with Crippen LogP contribution in [0.25, 0.3) is 0 Å². The molecule has 30 heavy (non-hydrogen) atoms. The van der Waals surface area contributed by atoms with Gasteiger partial charge in [-0.15, -0.1) is 5.10 Å². The Balaban J connectivity index is 1.38. The van der Waals surface area contributed by atoms with Crippen LogP contribution in [0.3, 0.4) is 0 Å². The number of rotatable bonds is 5. The van der Waals surface area contributed by atoms with Gasteiger partial charge in [-0.3, -0.25) is 4.79 Å². The SMILES string of the molecule is O=C(c1cn(Cc2ccc(F)cc2)nn1)N1CCN(S(=O)(=O)c2ccccc2)CC1. The molecule has 0 radical (unpaired) electrons. The summed E-state index contributed by atoms with van der Waals surface area (Å²) in [6, 6.07) is 14.3. The first-order valence-corrected chi connectivity index (χ1v) is 10.9. The first kappa shape index (κ1) is 20.2. The van der Waals surface area contributed by atoms with Crippen molar-refractivity contribution in [1.29, 1.82) is 0 Å². The summed E-state index contributed by atoms with van der Waals surface area (Å²) in [6.07, 6.45) is 1.54. The molecule has 0 spiro atoms. The smallest absolute Gasteiger partial charge is 0.276 e. The predicted octanol–water partition coefficient (Wildman–Crippen LogP) is 1.61. The van der Waals surface area contributed by atoms with E-state index in [1.165, 1.54) is 21.1 Å². The molecule has 0 unspecified atom stereocenters. The van der Waals surface area contributed by atoms with Gasteiger partial charge in [-0.1, -0.05) is 35.5 Å². The zero-order valence-corrected chi connectivity index (χ0v) is 16.9. The maximum Gasteiger partial charge on any atom is 0.276 e. The van der Waals surface area contributed by atoms with Crippen LogP contribution < -0.4 is 0 Å². The van der Waals surface area contributed by atoms with Gasteiger partial charge in [-0.2, -0.15) is 4.31 Å². The van der Waals surface area contributed by atoms with E-state index in [0.717, 1.165) is 5.56 Å². The van der Waals surface area contributed by atoms with Crippen molar-refractivity contribution in [1.82, 2.24) is 24.2 Å². The topological polar surface area (TPSA) is 88.4 Å². The molecule has 8 nitrogen and oxygen atoms in total. The quantitative estimate of drug-likeness (QED) is 0.615. The molecule has 3 aromatic rings. The van der Waals surface area contributed by atoms with Crippen molar-refractivity contribution in [3.63, 3.8) is 0 Å². The number of halogens is 1. The van der Waals surface area contributed by atoms with E-state index in [4.69, 9.17) is 0 Å². The Bertz CT molecular complexity index is 1120. The lowest BCUT2D eigenvalue weighted by Gasteiger charge is -2.33. The largest absolute Gasteiger partial charge is 0.335 e.